The number of nitrogens with zero attached hydrogens (tertiary/aromatic N) is 7. The molecular weight excluding hydrogens is 557 g/mol. The first kappa shape index (κ1) is 28.1. The van der Waals surface area contributed by atoms with Crippen LogP contribution in [0.4, 0.5) is 4.39 Å². The molecule has 1 fully saturated rings. The average Bonchev–Trinajstić information content (AvgIpc) is 3.65. The van der Waals surface area contributed by atoms with Crippen LogP contribution in [0, 0.1) is 5.82 Å². The quantitative estimate of drug-likeness (QED) is 0.221. The monoisotopic (exact) mass is 591 g/mol. The van der Waals surface area contributed by atoms with Crippen LogP contribution >= 0.6 is 0 Å². The molecule has 10 nitrogen and oxygen atoms in total. The van der Waals surface area contributed by atoms with E-state index in [1.165, 1.54) is 37.0 Å². The van der Waals surface area contributed by atoms with Gasteiger partial charge in [0.05, 0.1) is 17.4 Å². The summed E-state index contributed by atoms with van der Waals surface area (Å²) in [6.45, 7) is 4.33. The third kappa shape index (κ3) is 5.88. The number of pyridine rings is 3. The molecule has 0 bridgehead atoms. The van der Waals surface area contributed by atoms with Crippen LogP contribution in [0.2, 0.25) is 0 Å². The number of H-pyrrole nitrogens is 2. The van der Waals surface area contributed by atoms with Gasteiger partial charge in [-0.25, -0.2) is 14.4 Å². The van der Waals surface area contributed by atoms with Gasteiger partial charge >= 0.3 is 0 Å². The number of hydrogen-bond acceptors (Lipinski definition) is 8. The highest BCUT2D eigenvalue weighted by Gasteiger charge is 2.18. The van der Waals surface area contributed by atoms with Crippen molar-refractivity contribution in [3.05, 3.63) is 72.6 Å². The number of likely N-dealkylation sites (tertiary alicyclic amines) is 1. The largest absolute Gasteiger partial charge is 0.492 e. The van der Waals surface area contributed by atoms with Crippen LogP contribution < -0.4 is 4.74 Å². The van der Waals surface area contributed by atoms with Gasteiger partial charge in [0.1, 0.15) is 29.4 Å². The van der Waals surface area contributed by atoms with E-state index >= 15 is 0 Å². The van der Waals surface area contributed by atoms with Gasteiger partial charge in [0.2, 0.25) is 0 Å². The maximum absolute atomic E-state index is 14.7. The SMILES string of the molecule is CN(C)CCOc1cc(F)cc(-c2ccnc3[nH]c(-c4n[nH]c5cnc(-c6cncc(CN7CCCCC7)c6)cc45)nc23)c1. The molecule has 1 aromatic carbocycles. The number of benzene rings is 1. The van der Waals surface area contributed by atoms with Gasteiger partial charge in [0.15, 0.2) is 11.5 Å². The molecule has 6 heterocycles. The van der Waals surface area contributed by atoms with Crippen molar-refractivity contribution in [3.8, 4) is 39.7 Å². The van der Waals surface area contributed by atoms with E-state index in [1.807, 2.05) is 49.6 Å². The highest BCUT2D eigenvalue weighted by atomic mass is 19.1. The molecule has 0 amide bonds. The predicted molar refractivity (Wildman–Crippen MR) is 169 cm³/mol. The molecule has 224 valence electrons. The third-order valence-electron chi connectivity index (χ3n) is 7.99. The number of aromatic nitrogens is 7. The minimum absolute atomic E-state index is 0.379. The minimum Gasteiger partial charge on any atom is -0.492 e. The van der Waals surface area contributed by atoms with E-state index in [4.69, 9.17) is 14.7 Å². The van der Waals surface area contributed by atoms with Crippen molar-refractivity contribution in [2.45, 2.75) is 25.8 Å². The van der Waals surface area contributed by atoms with Crippen molar-refractivity contribution >= 4 is 22.1 Å². The van der Waals surface area contributed by atoms with Gasteiger partial charge in [0.25, 0.3) is 0 Å². The van der Waals surface area contributed by atoms with Crippen LogP contribution in [-0.4, -0.2) is 85.3 Å². The molecule has 11 heteroatoms. The standard InChI is InChI=1S/C33H34FN9O/c1-42(2)10-11-44-25-14-22(13-24(34)15-25)26-6-7-36-32-30(26)38-33(39-32)31-27-16-28(37-19-29(27)40-41-31)23-12-21(17-35-18-23)20-43-8-4-3-5-9-43/h6-7,12-19H,3-5,8-11,20H2,1-2H3,(H,40,41)(H,36,38,39). The number of piperidine rings is 1. The van der Waals surface area contributed by atoms with Crippen molar-refractivity contribution in [1.29, 1.82) is 0 Å². The van der Waals surface area contributed by atoms with Gasteiger partial charge in [-0.2, -0.15) is 5.10 Å². The fourth-order valence-electron chi connectivity index (χ4n) is 5.75. The van der Waals surface area contributed by atoms with Gasteiger partial charge in [-0.1, -0.05) is 6.42 Å². The molecule has 0 saturated carbocycles. The molecule has 0 atom stereocenters. The zero-order valence-corrected chi connectivity index (χ0v) is 24.8. The molecular formula is C33H34FN9O. The Morgan fingerprint density at radius 2 is 1.86 bits per heavy atom. The Hall–Kier alpha value is -4.74. The van der Waals surface area contributed by atoms with E-state index in [2.05, 4.69) is 36.1 Å². The summed E-state index contributed by atoms with van der Waals surface area (Å²) in [6, 6.07) is 10.7. The summed E-state index contributed by atoms with van der Waals surface area (Å²) in [5.41, 5.74) is 6.99. The minimum atomic E-state index is -0.379. The second-order valence-electron chi connectivity index (χ2n) is 11.6. The zero-order valence-electron chi connectivity index (χ0n) is 24.8. The number of aromatic amines is 2. The molecule has 0 radical (unpaired) electrons. The Morgan fingerprint density at radius 1 is 0.977 bits per heavy atom. The summed E-state index contributed by atoms with van der Waals surface area (Å²) in [5.74, 6) is 0.644. The average molecular weight is 592 g/mol. The summed E-state index contributed by atoms with van der Waals surface area (Å²) in [6.07, 6.45) is 11.1. The number of fused-ring (bicyclic) bond motifs is 2. The highest BCUT2D eigenvalue weighted by Crippen LogP contribution is 2.33. The molecule has 0 unspecified atom stereocenters. The molecule has 7 rings (SSSR count). The topological polar surface area (TPSA) is 112 Å². The number of ether oxygens (including phenoxy) is 1. The van der Waals surface area contributed by atoms with Gasteiger partial charge in [-0.05, 0) is 81.5 Å². The Balaban J connectivity index is 1.21. The number of imidazole rings is 1. The third-order valence-corrected chi connectivity index (χ3v) is 7.99. The van der Waals surface area contributed by atoms with Crippen molar-refractivity contribution < 1.29 is 9.13 Å². The molecule has 1 saturated heterocycles. The lowest BCUT2D eigenvalue weighted by Crippen LogP contribution is -2.29. The van der Waals surface area contributed by atoms with Gasteiger partial charge in [-0.3, -0.25) is 20.0 Å². The first-order valence-corrected chi connectivity index (χ1v) is 14.9. The maximum atomic E-state index is 14.7. The van der Waals surface area contributed by atoms with Crippen LogP contribution in [-0.2, 0) is 6.54 Å². The molecule has 6 aromatic rings. The number of hydrogen-bond donors (Lipinski definition) is 2. The zero-order chi connectivity index (χ0) is 30.0. The van der Waals surface area contributed by atoms with Gasteiger partial charge in [0, 0.05) is 54.3 Å². The van der Waals surface area contributed by atoms with E-state index in [-0.39, 0.29) is 5.82 Å². The molecule has 0 spiro atoms. The van der Waals surface area contributed by atoms with E-state index in [0.717, 1.165) is 53.9 Å². The predicted octanol–water partition coefficient (Wildman–Crippen LogP) is 5.69. The number of nitrogens with one attached hydrogen (secondary N) is 2. The summed E-state index contributed by atoms with van der Waals surface area (Å²) < 4.78 is 20.5. The molecule has 1 aliphatic heterocycles. The number of rotatable bonds is 9. The van der Waals surface area contributed by atoms with Crippen molar-refractivity contribution in [3.63, 3.8) is 0 Å². The summed E-state index contributed by atoms with van der Waals surface area (Å²) in [7, 11) is 3.93. The fourth-order valence-corrected chi connectivity index (χ4v) is 5.75. The Kier molecular flexibility index (Phi) is 7.71. The van der Waals surface area contributed by atoms with E-state index in [0.29, 0.717) is 40.6 Å². The van der Waals surface area contributed by atoms with Crippen molar-refractivity contribution in [2.24, 2.45) is 0 Å². The lowest BCUT2D eigenvalue weighted by Gasteiger charge is -2.26. The van der Waals surface area contributed by atoms with Crippen LogP contribution in [0.5, 0.6) is 5.75 Å². The first-order valence-electron chi connectivity index (χ1n) is 14.9. The first-order chi connectivity index (χ1) is 21.5. The van der Waals surface area contributed by atoms with E-state index in [1.54, 1.807) is 12.4 Å². The van der Waals surface area contributed by atoms with Crippen LogP contribution in [0.15, 0.2) is 61.2 Å². The molecule has 1 aliphatic rings. The Morgan fingerprint density at radius 3 is 2.73 bits per heavy atom. The van der Waals surface area contributed by atoms with Crippen LogP contribution in [0.25, 0.3) is 56.0 Å². The van der Waals surface area contributed by atoms with Gasteiger partial charge in [-0.15, -0.1) is 0 Å². The summed E-state index contributed by atoms with van der Waals surface area (Å²) in [4.78, 5) is 26.4. The molecule has 2 N–H and O–H groups in total. The normalized spacial score (nSPS) is 14.2. The van der Waals surface area contributed by atoms with Crippen LogP contribution in [0.3, 0.4) is 0 Å². The smallest absolute Gasteiger partial charge is 0.160 e. The second-order valence-corrected chi connectivity index (χ2v) is 11.6. The van der Waals surface area contributed by atoms with E-state index in [9.17, 15) is 4.39 Å². The fraction of sp³-hybridized carbons (Fsp3) is 0.303. The molecule has 5 aromatic heterocycles. The summed E-state index contributed by atoms with van der Waals surface area (Å²) in [5, 5.41) is 8.53. The van der Waals surface area contributed by atoms with Crippen LogP contribution in [0.1, 0.15) is 24.8 Å². The Bertz CT molecular complexity index is 1930. The lowest BCUT2D eigenvalue weighted by atomic mass is 10.1. The summed E-state index contributed by atoms with van der Waals surface area (Å²) >= 11 is 0. The molecule has 44 heavy (non-hydrogen) atoms. The maximum Gasteiger partial charge on any atom is 0.160 e. The second kappa shape index (κ2) is 12.1. The van der Waals surface area contributed by atoms with Crippen molar-refractivity contribution in [1.82, 2.24) is 44.9 Å². The van der Waals surface area contributed by atoms with Crippen molar-refractivity contribution in [2.75, 3.05) is 40.3 Å². The number of likely N-dealkylation sites (N-methyl/N-ethyl adjacent to an activating group) is 1. The lowest BCUT2D eigenvalue weighted by molar-refractivity contribution is 0.220. The van der Waals surface area contributed by atoms with E-state index < -0.39 is 0 Å². The van der Waals surface area contributed by atoms with Gasteiger partial charge < -0.3 is 14.6 Å². The highest BCUT2D eigenvalue weighted by molar-refractivity contribution is 5.96. The number of halogens is 1. The Labute approximate surface area is 254 Å². The molecule has 0 aliphatic carbocycles.